The van der Waals surface area contributed by atoms with Crippen LogP contribution in [0.3, 0.4) is 0 Å². The van der Waals surface area contributed by atoms with Gasteiger partial charge >= 0.3 is 0 Å². The predicted molar refractivity (Wildman–Crippen MR) is 40.4 cm³/mol. The van der Waals surface area contributed by atoms with E-state index < -0.39 is 0 Å². The van der Waals surface area contributed by atoms with Gasteiger partial charge in [0.2, 0.25) is 0 Å². The van der Waals surface area contributed by atoms with Gasteiger partial charge < -0.3 is 6.92 Å². The molecule has 0 amide bonds. The molecule has 0 aromatic rings. The molecule has 0 bridgehead atoms. The van der Waals surface area contributed by atoms with E-state index in [0.717, 1.165) is 0 Å². The molecule has 0 nitrogen and oxygen atoms in total. The Balaban J connectivity index is -0.0000000412. The molecule has 0 heterocycles. The topological polar surface area (TPSA) is 0 Å². The van der Waals surface area contributed by atoms with Gasteiger partial charge in [0.15, 0.2) is 0 Å². The molecule has 0 aromatic heterocycles. The van der Waals surface area contributed by atoms with Gasteiger partial charge in [-0.25, -0.2) is 18.9 Å². The van der Waals surface area contributed by atoms with Crippen LogP contribution in [0.1, 0.15) is 20.8 Å². The van der Waals surface area contributed by atoms with E-state index >= 15 is 0 Å². The second-order valence-electron chi connectivity index (χ2n) is 1.41. The molecule has 0 saturated heterocycles. The van der Waals surface area contributed by atoms with E-state index in [2.05, 4.69) is 13.8 Å². The molecule has 2 heteroatoms. The monoisotopic (exact) mass is 439 g/mol. The summed E-state index contributed by atoms with van der Waals surface area (Å²) in [6.07, 6.45) is 3.71. The molecule has 0 N–H and O–H groups in total. The van der Waals surface area contributed by atoms with E-state index in [9.17, 15) is 0 Å². The Morgan fingerprint density at radius 3 is 1.60 bits per heavy atom. The predicted octanol–water partition coefficient (Wildman–Crippen LogP) is 2.87. The first-order valence-corrected chi connectivity index (χ1v) is 3.06. The normalized spacial score (nSPS) is 10.0. The second-order valence-corrected chi connectivity index (χ2v) is 1.41. The van der Waals surface area contributed by atoms with Crippen molar-refractivity contribution in [2.24, 2.45) is 5.92 Å². The van der Waals surface area contributed by atoms with Gasteiger partial charge in [-0.15, -0.1) is 6.92 Å². The van der Waals surface area contributed by atoms with Crippen molar-refractivity contribution in [1.29, 1.82) is 0 Å². The van der Waals surface area contributed by atoms with Gasteiger partial charge in [-0.2, -0.15) is 0 Å². The van der Waals surface area contributed by atoms with Crippen molar-refractivity contribution in [3.05, 3.63) is 26.0 Å². The summed E-state index contributed by atoms with van der Waals surface area (Å²) >= 11 is 0. The SMILES string of the molecule is CC.[CH2-]C=CC([CH2-])C.[U].[Y]. The molecule has 0 aromatic carbocycles. The standard InChI is InChI=1S/C6H10.C2H6.U.Y/c1-4-5-6(2)3;1-2;;/h4-6H,1-2H2,3H3;1-2H3;;/q-2;;;. The molecule has 0 spiro atoms. The molecule has 10 heavy (non-hydrogen) atoms. The minimum absolute atomic E-state index is 0. The Kier molecular flexibility index (Phi) is 50.7. The first-order valence-electron chi connectivity index (χ1n) is 3.06. The van der Waals surface area contributed by atoms with E-state index in [0.29, 0.717) is 5.92 Å². The Morgan fingerprint density at radius 1 is 1.30 bits per heavy atom. The van der Waals surface area contributed by atoms with Crippen molar-refractivity contribution >= 4 is 0 Å². The van der Waals surface area contributed by atoms with Crippen molar-refractivity contribution < 1.29 is 63.8 Å². The fourth-order valence-corrected chi connectivity index (χ4v) is 0.232. The average molecular weight is 439 g/mol. The third-order valence-corrected chi connectivity index (χ3v) is 0.465. The van der Waals surface area contributed by atoms with E-state index in [4.69, 9.17) is 0 Å². The summed E-state index contributed by atoms with van der Waals surface area (Å²) in [4.78, 5) is 0. The second kappa shape index (κ2) is 22.4. The van der Waals surface area contributed by atoms with E-state index in [1.54, 1.807) is 6.08 Å². The summed E-state index contributed by atoms with van der Waals surface area (Å²) in [5.74, 6) is 0.405. The van der Waals surface area contributed by atoms with Crippen LogP contribution < -0.4 is 0 Å². The summed E-state index contributed by atoms with van der Waals surface area (Å²) in [5, 5.41) is 0. The molecular weight excluding hydrogens is 423 g/mol. The molecular formula is C8H16UY-2. The van der Waals surface area contributed by atoms with Crippen LogP contribution in [0, 0.1) is 50.9 Å². The fourth-order valence-electron chi connectivity index (χ4n) is 0.232. The first kappa shape index (κ1) is 22.6. The van der Waals surface area contributed by atoms with Crippen LogP contribution in [-0.4, -0.2) is 0 Å². The molecule has 0 fully saturated rings. The number of hydrogen-bond acceptors (Lipinski definition) is 0. The number of hydrogen-bond donors (Lipinski definition) is 0. The van der Waals surface area contributed by atoms with Crippen LogP contribution in [-0.2, 0) is 32.7 Å². The van der Waals surface area contributed by atoms with E-state index in [1.807, 2.05) is 26.8 Å². The van der Waals surface area contributed by atoms with Gasteiger partial charge in [-0.05, 0) is 0 Å². The zero-order valence-electron chi connectivity index (χ0n) is 7.22. The Morgan fingerprint density at radius 2 is 1.60 bits per heavy atom. The molecule has 1 atom stereocenters. The van der Waals surface area contributed by atoms with Crippen LogP contribution in [0.15, 0.2) is 12.2 Å². The summed E-state index contributed by atoms with van der Waals surface area (Å²) in [7, 11) is 0. The van der Waals surface area contributed by atoms with Crippen molar-refractivity contribution in [3.8, 4) is 0 Å². The molecule has 0 aliphatic heterocycles. The quantitative estimate of drug-likeness (QED) is 0.552. The molecule has 1 radical (unpaired) electrons. The maximum absolute atomic E-state index is 3.70. The van der Waals surface area contributed by atoms with Gasteiger partial charge in [0, 0.05) is 63.8 Å². The number of allylic oxidation sites excluding steroid dienone is 2. The molecule has 0 rings (SSSR count). The van der Waals surface area contributed by atoms with E-state index in [-0.39, 0.29) is 63.8 Å². The van der Waals surface area contributed by atoms with Gasteiger partial charge in [-0.3, -0.25) is 6.08 Å². The Bertz CT molecular complexity index is 51.2. The minimum Gasteiger partial charge on any atom is -0.353 e. The molecule has 1 unspecified atom stereocenters. The van der Waals surface area contributed by atoms with Crippen LogP contribution in [0.5, 0.6) is 0 Å². The Labute approximate surface area is 115 Å². The van der Waals surface area contributed by atoms with Gasteiger partial charge in [0.1, 0.15) is 0 Å². The maximum Gasteiger partial charge on any atom is 0 e. The minimum atomic E-state index is 0. The maximum atomic E-state index is 3.70. The zero-order valence-corrected chi connectivity index (χ0v) is 14.2. The fraction of sp³-hybridized carbons (Fsp3) is 0.500. The zero-order chi connectivity index (χ0) is 6.99. The molecule has 57 valence electrons. The van der Waals surface area contributed by atoms with Gasteiger partial charge in [0.25, 0.3) is 0 Å². The average Bonchev–Trinajstić information content (AvgIpc) is 1.72. The molecule has 0 aliphatic rings. The van der Waals surface area contributed by atoms with Crippen LogP contribution in [0.2, 0.25) is 0 Å². The largest absolute Gasteiger partial charge is 0.353 e. The summed E-state index contributed by atoms with van der Waals surface area (Å²) < 4.78 is 0. The van der Waals surface area contributed by atoms with Crippen molar-refractivity contribution in [1.82, 2.24) is 0 Å². The summed E-state index contributed by atoms with van der Waals surface area (Å²) in [6.45, 7) is 13.2. The molecule has 0 aliphatic carbocycles. The summed E-state index contributed by atoms with van der Waals surface area (Å²) in [5.41, 5.74) is 0. The van der Waals surface area contributed by atoms with Crippen LogP contribution in [0.25, 0.3) is 0 Å². The Hall–Kier alpha value is 1.77. The molecule has 0 saturated carbocycles. The van der Waals surface area contributed by atoms with Crippen LogP contribution in [0.4, 0.5) is 0 Å². The summed E-state index contributed by atoms with van der Waals surface area (Å²) in [6, 6.07) is 0. The van der Waals surface area contributed by atoms with Gasteiger partial charge in [0.05, 0.1) is 0 Å². The third-order valence-electron chi connectivity index (χ3n) is 0.465. The van der Waals surface area contributed by atoms with Crippen molar-refractivity contribution in [3.63, 3.8) is 0 Å². The van der Waals surface area contributed by atoms with Crippen LogP contribution >= 0.6 is 0 Å². The third kappa shape index (κ3) is 33.0. The smallest absolute Gasteiger partial charge is 0 e. The van der Waals surface area contributed by atoms with Gasteiger partial charge in [-0.1, -0.05) is 13.8 Å². The first-order chi connectivity index (χ1) is 3.77. The van der Waals surface area contributed by atoms with Crippen molar-refractivity contribution in [2.75, 3.05) is 0 Å². The van der Waals surface area contributed by atoms with Crippen molar-refractivity contribution in [2.45, 2.75) is 20.8 Å². The number of rotatable bonds is 1. The van der Waals surface area contributed by atoms with E-state index in [1.165, 1.54) is 0 Å².